The molecule has 0 radical (unpaired) electrons. The van der Waals surface area contributed by atoms with E-state index >= 15 is 0 Å². The van der Waals surface area contributed by atoms with Crippen molar-refractivity contribution in [2.24, 2.45) is 17.6 Å². The Hall–Kier alpha value is -2.67. The molecule has 0 bridgehead atoms. The highest BCUT2D eigenvalue weighted by atomic mass is 19.1. The quantitative estimate of drug-likeness (QED) is 0.815. The molecule has 1 aliphatic heterocycles. The number of benzene rings is 1. The molecule has 1 aromatic carbocycles. The second-order valence-electron chi connectivity index (χ2n) is 9.22. The van der Waals surface area contributed by atoms with Crippen LogP contribution in [0.3, 0.4) is 0 Å². The van der Waals surface area contributed by atoms with E-state index in [4.69, 9.17) is 15.2 Å². The van der Waals surface area contributed by atoms with E-state index in [-0.39, 0.29) is 35.9 Å². The molecule has 1 aromatic heterocycles. The highest BCUT2D eigenvalue weighted by molar-refractivity contribution is 5.69. The molecular weight excluding hydrogens is 385 g/mol. The Balaban J connectivity index is 1.45. The summed E-state index contributed by atoms with van der Waals surface area (Å²) in [5.74, 6) is 0.784. The Morgan fingerprint density at radius 3 is 2.40 bits per heavy atom. The number of halogens is 1. The number of hydrogen-bond acceptors (Lipinski definition) is 5. The molecule has 7 heteroatoms. The Kier molecular flexibility index (Phi) is 5.18. The van der Waals surface area contributed by atoms with Crippen LogP contribution in [0.15, 0.2) is 36.4 Å². The van der Waals surface area contributed by atoms with Crippen LogP contribution in [0.25, 0.3) is 11.3 Å². The van der Waals surface area contributed by atoms with Crippen LogP contribution in [-0.2, 0) is 4.74 Å². The zero-order chi connectivity index (χ0) is 21.6. The largest absolute Gasteiger partial charge is 0.474 e. The van der Waals surface area contributed by atoms with Gasteiger partial charge in [0.25, 0.3) is 0 Å². The lowest BCUT2D eigenvalue weighted by atomic mass is 10.1. The first-order valence-corrected chi connectivity index (χ1v) is 10.3. The third-order valence-electron chi connectivity index (χ3n) is 5.51. The topological polar surface area (TPSA) is 77.7 Å². The van der Waals surface area contributed by atoms with Gasteiger partial charge in [-0.05, 0) is 63.6 Å². The van der Waals surface area contributed by atoms with Crippen LogP contribution >= 0.6 is 0 Å². The van der Waals surface area contributed by atoms with Gasteiger partial charge in [0.15, 0.2) is 0 Å². The van der Waals surface area contributed by atoms with Crippen molar-refractivity contribution in [2.45, 2.75) is 45.4 Å². The molecule has 2 fully saturated rings. The summed E-state index contributed by atoms with van der Waals surface area (Å²) in [4.78, 5) is 18.6. The monoisotopic (exact) mass is 413 g/mol. The van der Waals surface area contributed by atoms with Crippen molar-refractivity contribution >= 4 is 6.09 Å². The first-order chi connectivity index (χ1) is 14.1. The molecule has 160 valence electrons. The molecule has 30 heavy (non-hydrogen) atoms. The summed E-state index contributed by atoms with van der Waals surface area (Å²) in [7, 11) is 0. The van der Waals surface area contributed by atoms with Gasteiger partial charge in [0.1, 0.15) is 17.5 Å². The van der Waals surface area contributed by atoms with Crippen LogP contribution in [0.5, 0.6) is 5.88 Å². The number of piperidine rings is 1. The lowest BCUT2D eigenvalue weighted by Gasteiger charge is -2.26. The van der Waals surface area contributed by atoms with E-state index in [1.807, 2.05) is 39.8 Å². The maximum atomic E-state index is 13.3. The number of rotatable bonds is 4. The summed E-state index contributed by atoms with van der Waals surface area (Å²) in [5, 5.41) is 0. The van der Waals surface area contributed by atoms with Gasteiger partial charge in [-0.2, -0.15) is 0 Å². The summed E-state index contributed by atoms with van der Waals surface area (Å²) in [6.07, 6.45) is -0.246. The molecule has 4 rings (SSSR count). The molecule has 2 aliphatic rings. The van der Waals surface area contributed by atoms with E-state index in [0.717, 1.165) is 11.1 Å². The van der Waals surface area contributed by atoms with Crippen LogP contribution in [0.4, 0.5) is 9.18 Å². The summed E-state index contributed by atoms with van der Waals surface area (Å²) < 4.78 is 24.9. The van der Waals surface area contributed by atoms with E-state index in [1.54, 1.807) is 17.0 Å². The fraction of sp³-hybridized carbons (Fsp3) is 0.478. The van der Waals surface area contributed by atoms with Gasteiger partial charge in [0.2, 0.25) is 5.88 Å². The van der Waals surface area contributed by atoms with E-state index in [0.29, 0.717) is 24.7 Å². The fourth-order valence-electron chi connectivity index (χ4n) is 3.88. The number of nitrogens with two attached hydrogens (primary N) is 1. The van der Waals surface area contributed by atoms with Gasteiger partial charge in [-0.1, -0.05) is 0 Å². The van der Waals surface area contributed by atoms with Gasteiger partial charge in [-0.25, -0.2) is 14.2 Å². The van der Waals surface area contributed by atoms with Gasteiger partial charge in [-0.15, -0.1) is 0 Å². The molecule has 0 spiro atoms. The highest BCUT2D eigenvalue weighted by Gasteiger charge is 2.59. The van der Waals surface area contributed by atoms with E-state index in [2.05, 4.69) is 4.98 Å². The normalized spacial score (nSPS) is 23.7. The number of likely N-dealkylation sites (tertiary alicyclic amines) is 1. The third-order valence-corrected chi connectivity index (χ3v) is 5.51. The van der Waals surface area contributed by atoms with Gasteiger partial charge < -0.3 is 20.1 Å². The zero-order valence-electron chi connectivity index (χ0n) is 17.8. The maximum Gasteiger partial charge on any atom is 0.410 e. The molecule has 6 nitrogen and oxygen atoms in total. The molecule has 3 unspecified atom stereocenters. The Bertz CT molecular complexity index is 928. The lowest BCUT2D eigenvalue weighted by molar-refractivity contribution is 0.0252. The van der Waals surface area contributed by atoms with Crippen molar-refractivity contribution in [3.8, 4) is 17.1 Å². The third kappa shape index (κ3) is 4.41. The van der Waals surface area contributed by atoms with Crippen molar-refractivity contribution in [2.75, 3.05) is 13.1 Å². The smallest absolute Gasteiger partial charge is 0.410 e. The van der Waals surface area contributed by atoms with Crippen LogP contribution in [0, 0.1) is 17.7 Å². The first-order valence-electron chi connectivity index (χ1n) is 10.3. The lowest BCUT2D eigenvalue weighted by Crippen LogP contribution is -2.38. The standard InChI is InChI=1S/C23H28FN3O3/c1-13(25)15-9-19(14-5-7-16(24)8-6-14)26-20(10-15)29-21-17-11-27(12-18(17)21)22(28)30-23(2,3)4/h5-10,13,17-18,21H,11-12,25H2,1-4H3. The average molecular weight is 413 g/mol. The molecule has 2 heterocycles. The van der Waals surface area contributed by atoms with Crippen molar-refractivity contribution in [3.05, 3.63) is 47.8 Å². The molecule has 2 N–H and O–H groups in total. The predicted octanol–water partition coefficient (Wildman–Crippen LogP) is 4.15. The number of hydrogen-bond donors (Lipinski definition) is 1. The molecule has 2 aromatic rings. The molecular formula is C23H28FN3O3. The first kappa shape index (κ1) is 20.6. The number of fused-ring (bicyclic) bond motifs is 1. The van der Waals surface area contributed by atoms with Crippen molar-refractivity contribution in [1.82, 2.24) is 9.88 Å². The van der Waals surface area contributed by atoms with Crippen LogP contribution in [0.1, 0.15) is 39.3 Å². The van der Waals surface area contributed by atoms with Gasteiger partial charge >= 0.3 is 6.09 Å². The van der Waals surface area contributed by atoms with E-state index < -0.39 is 5.60 Å². The Morgan fingerprint density at radius 2 is 1.83 bits per heavy atom. The van der Waals surface area contributed by atoms with Gasteiger partial charge in [0.05, 0.1) is 5.69 Å². The number of amides is 1. The number of aromatic nitrogens is 1. The minimum atomic E-state index is -0.500. The minimum absolute atomic E-state index is 0.0283. The van der Waals surface area contributed by atoms with Crippen molar-refractivity contribution in [1.29, 1.82) is 0 Å². The van der Waals surface area contributed by atoms with E-state index in [9.17, 15) is 9.18 Å². The number of nitrogens with zero attached hydrogens (tertiary/aromatic N) is 2. The van der Waals surface area contributed by atoms with Crippen molar-refractivity contribution in [3.63, 3.8) is 0 Å². The summed E-state index contributed by atoms with van der Waals surface area (Å²) >= 11 is 0. The summed E-state index contributed by atoms with van der Waals surface area (Å²) in [6.45, 7) is 8.75. The van der Waals surface area contributed by atoms with Crippen LogP contribution in [-0.4, -0.2) is 40.8 Å². The second-order valence-corrected chi connectivity index (χ2v) is 9.22. The average Bonchev–Trinajstić information content (AvgIpc) is 3.09. The fourth-order valence-corrected chi connectivity index (χ4v) is 3.88. The summed E-state index contributed by atoms with van der Waals surface area (Å²) in [5.41, 5.74) is 7.99. The van der Waals surface area contributed by atoms with Gasteiger partial charge in [-0.3, -0.25) is 0 Å². The predicted molar refractivity (Wildman–Crippen MR) is 111 cm³/mol. The Labute approximate surface area is 176 Å². The maximum absolute atomic E-state index is 13.3. The summed E-state index contributed by atoms with van der Waals surface area (Å²) in [6, 6.07) is 9.78. The second kappa shape index (κ2) is 7.54. The van der Waals surface area contributed by atoms with Gasteiger partial charge in [0, 0.05) is 42.6 Å². The van der Waals surface area contributed by atoms with Crippen molar-refractivity contribution < 1.29 is 18.7 Å². The molecule has 1 aliphatic carbocycles. The molecule has 1 amide bonds. The Morgan fingerprint density at radius 1 is 1.20 bits per heavy atom. The van der Waals surface area contributed by atoms with Crippen LogP contribution < -0.4 is 10.5 Å². The molecule has 3 atom stereocenters. The van der Waals surface area contributed by atoms with Crippen LogP contribution in [0.2, 0.25) is 0 Å². The SMILES string of the molecule is CC(N)c1cc(OC2C3CN(C(=O)OC(C)(C)C)CC32)nc(-c2ccc(F)cc2)c1. The highest BCUT2D eigenvalue weighted by Crippen LogP contribution is 2.48. The number of ether oxygens (including phenoxy) is 2. The van der Waals surface area contributed by atoms with E-state index in [1.165, 1.54) is 12.1 Å². The number of carbonyl (C=O) groups is 1. The molecule has 1 saturated carbocycles. The minimum Gasteiger partial charge on any atom is -0.474 e. The zero-order valence-corrected chi connectivity index (χ0v) is 17.8. The molecule has 1 saturated heterocycles. The number of carbonyl (C=O) groups excluding carboxylic acids is 1. The number of pyridine rings is 1.